The van der Waals surface area contributed by atoms with Crippen molar-refractivity contribution in [2.24, 2.45) is 5.73 Å². The van der Waals surface area contributed by atoms with E-state index in [1.165, 1.54) is 22.0 Å². The second kappa shape index (κ2) is 4.28. The van der Waals surface area contributed by atoms with E-state index in [0.717, 1.165) is 0 Å². The normalized spacial score (nSPS) is 13.6. The maximum atomic E-state index is 5.84. The molecule has 1 aromatic heterocycles. The molecule has 3 N–H and O–H groups in total. The molecule has 0 unspecified atom stereocenters. The van der Waals surface area contributed by atoms with Crippen LogP contribution in [0.5, 0.6) is 0 Å². The van der Waals surface area contributed by atoms with Gasteiger partial charge in [-0.05, 0) is 32.1 Å². The fourth-order valence-corrected chi connectivity index (χ4v) is 2.22. The van der Waals surface area contributed by atoms with Gasteiger partial charge in [0, 0.05) is 29.7 Å². The molecule has 0 radical (unpaired) electrons. The molecule has 1 heterocycles. The molecule has 0 aliphatic heterocycles. The third-order valence-corrected chi connectivity index (χ3v) is 3.16. The molecule has 2 aromatic rings. The van der Waals surface area contributed by atoms with Gasteiger partial charge in [-0.3, -0.25) is 0 Å². The lowest BCUT2D eigenvalue weighted by molar-refractivity contribution is 0.308. The zero-order valence-corrected chi connectivity index (χ0v) is 10.1. The van der Waals surface area contributed by atoms with Gasteiger partial charge in [-0.1, -0.05) is 18.2 Å². The number of aromatic nitrogens is 1. The summed E-state index contributed by atoms with van der Waals surface area (Å²) in [5.41, 5.74) is 9.62. The molecule has 0 aliphatic carbocycles. The largest absolute Gasteiger partial charge is 0.361 e. The Kier molecular flexibility index (Phi) is 2.99. The van der Waals surface area contributed by atoms with Crippen molar-refractivity contribution in [2.45, 2.75) is 13.0 Å². The van der Waals surface area contributed by atoms with Crippen LogP contribution in [0.1, 0.15) is 17.2 Å². The van der Waals surface area contributed by atoms with E-state index in [4.69, 9.17) is 5.73 Å². The van der Waals surface area contributed by atoms with Gasteiger partial charge in [0.05, 0.1) is 0 Å². The van der Waals surface area contributed by atoms with E-state index in [1.54, 1.807) is 0 Å². The topological polar surface area (TPSA) is 45.0 Å². The lowest BCUT2D eigenvalue weighted by atomic mass is 10.0. The maximum absolute atomic E-state index is 5.84. The molecule has 0 bridgehead atoms. The fourth-order valence-electron chi connectivity index (χ4n) is 2.22. The minimum atomic E-state index is 0.274. The molecule has 1 aromatic carbocycles. The Bertz CT molecular complexity index is 485. The first-order chi connectivity index (χ1) is 7.65. The fraction of sp³-hybridized carbons (Fsp3) is 0.385. The lowest BCUT2D eigenvalue weighted by Gasteiger charge is -2.22. The van der Waals surface area contributed by atoms with Crippen LogP contribution in [0.15, 0.2) is 24.4 Å². The van der Waals surface area contributed by atoms with Gasteiger partial charge >= 0.3 is 0 Å². The van der Waals surface area contributed by atoms with E-state index in [9.17, 15) is 0 Å². The number of nitrogens with one attached hydrogen (secondary N) is 1. The summed E-state index contributed by atoms with van der Waals surface area (Å²) in [5, 5.41) is 1.28. The average molecular weight is 217 g/mol. The molecule has 0 saturated heterocycles. The molecule has 86 valence electrons. The van der Waals surface area contributed by atoms with Gasteiger partial charge in [-0.25, -0.2) is 0 Å². The number of aryl methyl sites for hydroxylation is 1. The van der Waals surface area contributed by atoms with Gasteiger partial charge in [0.25, 0.3) is 0 Å². The van der Waals surface area contributed by atoms with E-state index in [1.807, 2.05) is 0 Å². The number of benzene rings is 1. The van der Waals surface area contributed by atoms with Crippen LogP contribution >= 0.6 is 0 Å². The molecule has 0 amide bonds. The van der Waals surface area contributed by atoms with Crippen molar-refractivity contribution in [1.82, 2.24) is 9.88 Å². The first-order valence-corrected chi connectivity index (χ1v) is 5.58. The third-order valence-electron chi connectivity index (χ3n) is 3.16. The van der Waals surface area contributed by atoms with Gasteiger partial charge in [0.2, 0.25) is 0 Å². The van der Waals surface area contributed by atoms with Gasteiger partial charge in [-0.15, -0.1) is 0 Å². The predicted molar refractivity (Wildman–Crippen MR) is 68.5 cm³/mol. The summed E-state index contributed by atoms with van der Waals surface area (Å²) in [6.07, 6.45) is 2.08. The van der Waals surface area contributed by atoms with Crippen LogP contribution < -0.4 is 5.73 Å². The maximum Gasteiger partial charge on any atom is 0.0487 e. The Morgan fingerprint density at radius 3 is 2.75 bits per heavy atom. The number of hydrogen-bond acceptors (Lipinski definition) is 2. The number of fused-ring (bicyclic) bond motifs is 1. The molecular weight excluding hydrogens is 198 g/mol. The summed E-state index contributed by atoms with van der Waals surface area (Å²) in [4.78, 5) is 5.50. The Morgan fingerprint density at radius 1 is 1.38 bits per heavy atom. The Morgan fingerprint density at radius 2 is 2.12 bits per heavy atom. The number of nitrogens with two attached hydrogens (primary N) is 1. The van der Waals surface area contributed by atoms with E-state index in [-0.39, 0.29) is 6.04 Å². The predicted octanol–water partition coefficient (Wildman–Crippen LogP) is 2.04. The highest BCUT2D eigenvalue weighted by Gasteiger charge is 2.16. The summed E-state index contributed by atoms with van der Waals surface area (Å²) in [6.45, 7) is 2.75. The summed E-state index contributed by atoms with van der Waals surface area (Å²) in [7, 11) is 4.12. The molecule has 1 atom stereocenters. The monoisotopic (exact) mass is 217 g/mol. The second-order valence-electron chi connectivity index (χ2n) is 4.46. The zero-order valence-electron chi connectivity index (χ0n) is 10.1. The van der Waals surface area contributed by atoms with E-state index < -0.39 is 0 Å². The Hall–Kier alpha value is -1.32. The van der Waals surface area contributed by atoms with Crippen molar-refractivity contribution in [3.05, 3.63) is 35.5 Å². The van der Waals surface area contributed by atoms with Crippen LogP contribution in [0.25, 0.3) is 10.9 Å². The minimum Gasteiger partial charge on any atom is -0.361 e. The van der Waals surface area contributed by atoms with Crippen LogP contribution in [0, 0.1) is 6.92 Å². The van der Waals surface area contributed by atoms with Crippen molar-refractivity contribution in [1.29, 1.82) is 0 Å². The summed E-state index contributed by atoms with van der Waals surface area (Å²) >= 11 is 0. The number of rotatable bonds is 3. The van der Waals surface area contributed by atoms with Crippen molar-refractivity contribution < 1.29 is 0 Å². The molecule has 0 spiro atoms. The molecule has 0 aliphatic rings. The van der Waals surface area contributed by atoms with Gasteiger partial charge in [0.1, 0.15) is 0 Å². The van der Waals surface area contributed by atoms with E-state index in [2.05, 4.69) is 55.3 Å². The molecule has 0 saturated carbocycles. The molecular formula is C13H19N3. The zero-order chi connectivity index (χ0) is 11.7. The average Bonchev–Trinajstić information content (AvgIpc) is 2.64. The third kappa shape index (κ3) is 1.72. The minimum absolute atomic E-state index is 0.274. The number of H-pyrrole nitrogens is 1. The standard InChI is InChI=1S/C13H19N3/c1-9-5-4-6-10-11(8-15-13(9)10)12(7-14)16(2)3/h4-6,8,12,15H,7,14H2,1-3H3/t12-/m1/s1. The van der Waals surface area contributed by atoms with Crippen molar-refractivity contribution in [2.75, 3.05) is 20.6 Å². The van der Waals surface area contributed by atoms with Crippen LogP contribution in [-0.4, -0.2) is 30.5 Å². The quantitative estimate of drug-likeness (QED) is 0.826. The summed E-state index contributed by atoms with van der Waals surface area (Å²) in [6, 6.07) is 6.64. The summed E-state index contributed by atoms with van der Waals surface area (Å²) in [5.74, 6) is 0. The van der Waals surface area contributed by atoms with Crippen LogP contribution in [0.2, 0.25) is 0 Å². The molecule has 3 heteroatoms. The second-order valence-corrected chi connectivity index (χ2v) is 4.46. The highest BCUT2D eigenvalue weighted by atomic mass is 15.1. The number of hydrogen-bond donors (Lipinski definition) is 2. The number of aromatic amines is 1. The van der Waals surface area contributed by atoms with E-state index in [0.29, 0.717) is 6.54 Å². The lowest BCUT2D eigenvalue weighted by Crippen LogP contribution is -2.26. The Labute approximate surface area is 96.2 Å². The highest BCUT2D eigenvalue weighted by molar-refractivity contribution is 5.86. The molecule has 0 fully saturated rings. The van der Waals surface area contributed by atoms with Crippen LogP contribution in [-0.2, 0) is 0 Å². The van der Waals surface area contributed by atoms with Gasteiger partial charge < -0.3 is 15.6 Å². The van der Waals surface area contributed by atoms with Crippen LogP contribution in [0.3, 0.4) is 0 Å². The molecule has 2 rings (SSSR count). The van der Waals surface area contributed by atoms with Crippen molar-refractivity contribution >= 4 is 10.9 Å². The first-order valence-electron chi connectivity index (χ1n) is 5.58. The number of likely N-dealkylation sites (N-methyl/N-ethyl adjacent to an activating group) is 1. The Balaban J connectivity index is 2.57. The van der Waals surface area contributed by atoms with Gasteiger partial charge in [0.15, 0.2) is 0 Å². The smallest absolute Gasteiger partial charge is 0.0487 e. The first kappa shape index (κ1) is 11.2. The molecule has 3 nitrogen and oxygen atoms in total. The number of para-hydroxylation sites is 1. The number of nitrogens with zero attached hydrogens (tertiary/aromatic N) is 1. The van der Waals surface area contributed by atoms with Crippen LogP contribution in [0.4, 0.5) is 0 Å². The van der Waals surface area contributed by atoms with Crippen molar-refractivity contribution in [3.63, 3.8) is 0 Å². The van der Waals surface area contributed by atoms with Crippen molar-refractivity contribution in [3.8, 4) is 0 Å². The SMILES string of the molecule is Cc1cccc2c([C@@H](CN)N(C)C)c[nH]c12. The van der Waals surface area contributed by atoms with E-state index >= 15 is 0 Å². The molecule has 16 heavy (non-hydrogen) atoms. The van der Waals surface area contributed by atoms with Gasteiger partial charge in [-0.2, -0.15) is 0 Å². The highest BCUT2D eigenvalue weighted by Crippen LogP contribution is 2.27. The summed E-state index contributed by atoms with van der Waals surface area (Å²) < 4.78 is 0.